The van der Waals surface area contributed by atoms with E-state index in [1.165, 1.54) is 5.56 Å². The molecule has 6 rings (SSSR count). The highest BCUT2D eigenvalue weighted by Gasteiger charge is 2.29. The van der Waals surface area contributed by atoms with Crippen molar-refractivity contribution in [3.05, 3.63) is 106 Å². The number of nitrogens with zero attached hydrogens (tertiary/aromatic N) is 2. The standard InChI is InChI=1S/C38H42N6O5/c1-21-27(6-4-8-31(21)43-36(46)33-14-29(23-10-11-23)25(16-39-3)17-40-33)28-7-5-9-32(22(28)2)44-37(47)34-15-30(24-12-13-24)26(18-41-34)19-42-35(20-45)38(48)49/h4-9,14-15,17-18,23-24,35,39,42,45H,10-13,16,19-20H2,1-3H3,(H,43,46)(H,44,47)(H,48,49)/t35-/m1/s1. The minimum Gasteiger partial charge on any atom is -0.480 e. The van der Waals surface area contributed by atoms with Crippen molar-refractivity contribution in [1.29, 1.82) is 0 Å². The number of carboxylic acids is 1. The number of hydrogen-bond donors (Lipinski definition) is 6. The SMILES string of the molecule is CNCc1cnc(C(=O)Nc2cccc(-c3cccc(NC(=O)c4cc(C5CC5)c(CN[C@H](CO)C(=O)O)cn4)c3C)c2C)cc1C1CC1. The van der Waals surface area contributed by atoms with Crippen molar-refractivity contribution in [2.75, 3.05) is 24.3 Å². The van der Waals surface area contributed by atoms with Gasteiger partial charge in [0, 0.05) is 36.9 Å². The zero-order valence-corrected chi connectivity index (χ0v) is 28.0. The number of amides is 2. The molecule has 0 aliphatic heterocycles. The largest absolute Gasteiger partial charge is 0.480 e. The number of aliphatic hydroxyl groups is 1. The molecule has 254 valence electrons. The maximum absolute atomic E-state index is 13.5. The van der Waals surface area contributed by atoms with E-state index in [2.05, 4.69) is 31.2 Å². The van der Waals surface area contributed by atoms with Crippen LogP contribution in [0.5, 0.6) is 0 Å². The van der Waals surface area contributed by atoms with Crippen molar-refractivity contribution in [3.63, 3.8) is 0 Å². The van der Waals surface area contributed by atoms with Crippen LogP contribution in [0.2, 0.25) is 0 Å². The second kappa shape index (κ2) is 14.7. The molecule has 49 heavy (non-hydrogen) atoms. The predicted molar refractivity (Wildman–Crippen MR) is 188 cm³/mol. The van der Waals surface area contributed by atoms with Gasteiger partial charge in [-0.3, -0.25) is 29.7 Å². The third-order valence-electron chi connectivity index (χ3n) is 9.39. The highest BCUT2D eigenvalue weighted by molar-refractivity contribution is 6.05. The van der Waals surface area contributed by atoms with Crippen molar-refractivity contribution in [3.8, 4) is 11.1 Å². The zero-order chi connectivity index (χ0) is 34.7. The quantitative estimate of drug-likeness (QED) is 0.105. The molecule has 2 amide bonds. The van der Waals surface area contributed by atoms with Crippen LogP contribution in [0.4, 0.5) is 11.4 Å². The Morgan fingerprint density at radius 2 is 1.24 bits per heavy atom. The highest BCUT2D eigenvalue weighted by Crippen LogP contribution is 2.43. The maximum atomic E-state index is 13.5. The van der Waals surface area contributed by atoms with E-state index in [0.29, 0.717) is 35.4 Å². The van der Waals surface area contributed by atoms with E-state index in [1.54, 1.807) is 18.5 Å². The van der Waals surface area contributed by atoms with Crippen LogP contribution in [0.15, 0.2) is 60.9 Å². The monoisotopic (exact) mass is 662 g/mol. The molecule has 11 heteroatoms. The van der Waals surface area contributed by atoms with Crippen molar-refractivity contribution >= 4 is 29.2 Å². The number of aliphatic carboxylic acids is 1. The van der Waals surface area contributed by atoms with Gasteiger partial charge in [-0.15, -0.1) is 0 Å². The molecular weight excluding hydrogens is 620 g/mol. The third kappa shape index (κ3) is 7.69. The fourth-order valence-electron chi connectivity index (χ4n) is 6.24. The van der Waals surface area contributed by atoms with Gasteiger partial charge in [-0.05, 0) is 127 Å². The molecule has 0 unspecified atom stereocenters. The molecule has 0 bridgehead atoms. The van der Waals surface area contributed by atoms with Crippen LogP contribution >= 0.6 is 0 Å². The smallest absolute Gasteiger partial charge is 0.323 e. The van der Waals surface area contributed by atoms with Crippen LogP contribution in [0.3, 0.4) is 0 Å². The number of nitrogens with one attached hydrogen (secondary N) is 4. The summed E-state index contributed by atoms with van der Waals surface area (Å²) in [6.45, 7) is 4.32. The summed E-state index contributed by atoms with van der Waals surface area (Å²) in [6, 6.07) is 14.1. The number of aliphatic hydroxyl groups excluding tert-OH is 1. The molecule has 2 fully saturated rings. The average Bonchev–Trinajstić information content (AvgIpc) is 4.02. The summed E-state index contributed by atoms with van der Waals surface area (Å²) in [6.07, 6.45) is 7.65. The van der Waals surface area contributed by atoms with Gasteiger partial charge < -0.3 is 26.2 Å². The minimum absolute atomic E-state index is 0.221. The van der Waals surface area contributed by atoms with Gasteiger partial charge in [-0.25, -0.2) is 0 Å². The number of carboxylic acid groups (broad SMARTS) is 1. The van der Waals surface area contributed by atoms with Crippen LogP contribution in [0, 0.1) is 13.8 Å². The first-order valence-electron chi connectivity index (χ1n) is 16.7. The van der Waals surface area contributed by atoms with E-state index in [-0.39, 0.29) is 24.1 Å². The Kier molecular flexibility index (Phi) is 10.1. The Hall–Kier alpha value is -4.97. The van der Waals surface area contributed by atoms with Gasteiger partial charge in [0.2, 0.25) is 0 Å². The predicted octanol–water partition coefficient (Wildman–Crippen LogP) is 5.27. The summed E-state index contributed by atoms with van der Waals surface area (Å²) in [5, 5.41) is 30.7. The fraction of sp³-hybridized carbons (Fsp3) is 0.342. The number of carbonyl (C=O) groups excluding carboxylic acids is 2. The molecule has 2 aromatic heterocycles. The van der Waals surface area contributed by atoms with Gasteiger partial charge in [0.15, 0.2) is 0 Å². The molecule has 2 saturated carbocycles. The molecule has 2 aromatic carbocycles. The summed E-state index contributed by atoms with van der Waals surface area (Å²) in [5.41, 5.74) is 9.68. The van der Waals surface area contributed by atoms with E-state index in [4.69, 9.17) is 0 Å². The number of aromatic nitrogens is 2. The second-order valence-corrected chi connectivity index (χ2v) is 12.9. The number of benzene rings is 2. The summed E-state index contributed by atoms with van der Waals surface area (Å²) < 4.78 is 0. The molecular formula is C38H42N6O5. The lowest BCUT2D eigenvalue weighted by Gasteiger charge is -2.17. The molecule has 4 aromatic rings. The lowest BCUT2D eigenvalue weighted by atomic mass is 9.94. The first-order chi connectivity index (χ1) is 23.7. The van der Waals surface area contributed by atoms with Crippen LogP contribution in [-0.4, -0.2) is 57.7 Å². The van der Waals surface area contributed by atoms with Crippen molar-refractivity contribution in [2.45, 2.75) is 70.5 Å². The molecule has 2 aliphatic carbocycles. The number of carbonyl (C=O) groups is 3. The van der Waals surface area contributed by atoms with E-state index in [1.807, 2.05) is 63.4 Å². The van der Waals surface area contributed by atoms with Crippen LogP contribution in [0.1, 0.15) is 91.9 Å². The van der Waals surface area contributed by atoms with Gasteiger partial charge in [0.25, 0.3) is 11.8 Å². The number of hydrogen-bond acceptors (Lipinski definition) is 8. The van der Waals surface area contributed by atoms with Crippen LogP contribution in [-0.2, 0) is 17.9 Å². The molecule has 1 atom stereocenters. The normalized spacial score (nSPS) is 14.7. The number of rotatable bonds is 14. The van der Waals surface area contributed by atoms with Crippen LogP contribution in [0.25, 0.3) is 11.1 Å². The first-order valence-corrected chi connectivity index (χ1v) is 16.7. The molecule has 11 nitrogen and oxygen atoms in total. The topological polar surface area (TPSA) is 166 Å². The number of anilines is 2. The van der Waals surface area contributed by atoms with Gasteiger partial charge in [0.05, 0.1) is 6.61 Å². The molecule has 2 aliphatic rings. The Bertz CT molecular complexity index is 1900. The second-order valence-electron chi connectivity index (χ2n) is 12.9. The Labute approximate surface area is 285 Å². The molecule has 2 heterocycles. The molecule has 0 saturated heterocycles. The van der Waals surface area contributed by atoms with E-state index < -0.39 is 18.6 Å². The Morgan fingerprint density at radius 3 is 1.65 bits per heavy atom. The Balaban J connectivity index is 1.19. The Morgan fingerprint density at radius 1 is 0.776 bits per heavy atom. The van der Waals surface area contributed by atoms with Gasteiger partial charge in [0.1, 0.15) is 17.4 Å². The summed E-state index contributed by atoms with van der Waals surface area (Å²) >= 11 is 0. The number of pyridine rings is 2. The maximum Gasteiger partial charge on any atom is 0.323 e. The summed E-state index contributed by atoms with van der Waals surface area (Å²) in [7, 11) is 1.90. The highest BCUT2D eigenvalue weighted by atomic mass is 16.4. The molecule has 6 N–H and O–H groups in total. The molecule has 0 spiro atoms. The average molecular weight is 663 g/mol. The van der Waals surface area contributed by atoms with E-state index in [9.17, 15) is 24.6 Å². The van der Waals surface area contributed by atoms with Gasteiger partial charge in [-0.1, -0.05) is 24.3 Å². The van der Waals surface area contributed by atoms with Crippen molar-refractivity contribution in [2.24, 2.45) is 0 Å². The van der Waals surface area contributed by atoms with Crippen molar-refractivity contribution in [1.82, 2.24) is 20.6 Å². The third-order valence-corrected chi connectivity index (χ3v) is 9.39. The zero-order valence-electron chi connectivity index (χ0n) is 28.0. The molecule has 0 radical (unpaired) electrons. The fourth-order valence-corrected chi connectivity index (χ4v) is 6.24. The van der Waals surface area contributed by atoms with E-state index >= 15 is 0 Å². The summed E-state index contributed by atoms with van der Waals surface area (Å²) in [4.78, 5) is 47.0. The van der Waals surface area contributed by atoms with Gasteiger partial charge in [-0.2, -0.15) is 0 Å². The lowest BCUT2D eigenvalue weighted by molar-refractivity contribution is -0.140. The van der Waals surface area contributed by atoms with E-state index in [0.717, 1.165) is 64.6 Å². The van der Waals surface area contributed by atoms with Gasteiger partial charge >= 0.3 is 5.97 Å². The van der Waals surface area contributed by atoms with Crippen LogP contribution < -0.4 is 21.3 Å². The summed E-state index contributed by atoms with van der Waals surface area (Å²) in [5.74, 6) is -0.960. The lowest BCUT2D eigenvalue weighted by Crippen LogP contribution is -2.39. The minimum atomic E-state index is -1.13. The first kappa shape index (κ1) is 33.9. The van der Waals surface area contributed by atoms with Crippen molar-refractivity contribution < 1.29 is 24.6 Å².